The first kappa shape index (κ1) is 12.0. The van der Waals surface area contributed by atoms with Gasteiger partial charge in [0, 0.05) is 17.3 Å². The highest BCUT2D eigenvalue weighted by Gasteiger charge is 2.09. The van der Waals surface area contributed by atoms with Gasteiger partial charge < -0.3 is 5.32 Å². The normalized spacial score (nSPS) is 12.5. The molecule has 1 N–H and O–H groups in total. The average molecular weight is 273 g/mol. The molecule has 0 saturated carbocycles. The monoisotopic (exact) mass is 272 g/mol. The first-order valence-corrected chi connectivity index (χ1v) is 6.43. The molecule has 0 aliphatic heterocycles. The van der Waals surface area contributed by atoms with Gasteiger partial charge in [0.15, 0.2) is 5.65 Å². The van der Waals surface area contributed by atoms with Crippen molar-refractivity contribution < 1.29 is 0 Å². The smallest absolute Gasteiger partial charge is 0.157 e. The van der Waals surface area contributed by atoms with Crippen molar-refractivity contribution in [3.8, 4) is 0 Å². The summed E-state index contributed by atoms with van der Waals surface area (Å²) in [5.74, 6) is 0.806. The van der Waals surface area contributed by atoms with Crippen LogP contribution in [-0.4, -0.2) is 14.6 Å². The van der Waals surface area contributed by atoms with E-state index < -0.39 is 0 Å². The fraction of sp³-hybridized carbons (Fsp3) is 0.143. The Bertz CT molecular complexity index is 707. The molecule has 0 amide bonds. The zero-order valence-electron chi connectivity index (χ0n) is 10.4. The van der Waals surface area contributed by atoms with E-state index in [4.69, 9.17) is 11.6 Å². The molecule has 0 fully saturated rings. The molecule has 4 nitrogen and oxygen atoms in total. The van der Waals surface area contributed by atoms with Gasteiger partial charge in [-0.3, -0.25) is 0 Å². The molecule has 2 aromatic heterocycles. The molecule has 0 saturated heterocycles. The van der Waals surface area contributed by atoms with E-state index in [1.54, 1.807) is 10.7 Å². The van der Waals surface area contributed by atoms with Crippen LogP contribution in [-0.2, 0) is 0 Å². The maximum Gasteiger partial charge on any atom is 0.157 e. The SMILES string of the molecule is CC(Nc1ccn2nccc2n1)c1ccccc1Cl. The molecule has 96 valence electrons. The van der Waals surface area contributed by atoms with Gasteiger partial charge in [0.2, 0.25) is 0 Å². The van der Waals surface area contributed by atoms with Crippen LogP contribution >= 0.6 is 11.6 Å². The molecule has 3 rings (SSSR count). The average Bonchev–Trinajstić information content (AvgIpc) is 2.86. The van der Waals surface area contributed by atoms with E-state index in [0.717, 1.165) is 22.1 Å². The molecular formula is C14H13ClN4. The zero-order valence-corrected chi connectivity index (χ0v) is 11.2. The molecular weight excluding hydrogens is 260 g/mol. The predicted molar refractivity (Wildman–Crippen MR) is 76.5 cm³/mol. The molecule has 1 atom stereocenters. The molecule has 2 heterocycles. The van der Waals surface area contributed by atoms with Gasteiger partial charge in [-0.25, -0.2) is 9.50 Å². The Balaban J connectivity index is 1.86. The molecule has 0 spiro atoms. The minimum Gasteiger partial charge on any atom is -0.363 e. The third-order valence-electron chi connectivity index (χ3n) is 2.99. The summed E-state index contributed by atoms with van der Waals surface area (Å²) < 4.78 is 1.73. The predicted octanol–water partition coefficient (Wildman–Crippen LogP) is 3.56. The largest absolute Gasteiger partial charge is 0.363 e. The number of halogens is 1. The zero-order chi connectivity index (χ0) is 13.2. The summed E-state index contributed by atoms with van der Waals surface area (Å²) in [5, 5.41) is 8.22. The van der Waals surface area contributed by atoms with Crippen LogP contribution < -0.4 is 5.32 Å². The van der Waals surface area contributed by atoms with E-state index in [9.17, 15) is 0 Å². The van der Waals surface area contributed by atoms with Crippen LogP contribution in [0.1, 0.15) is 18.5 Å². The van der Waals surface area contributed by atoms with Crippen LogP contribution in [0.3, 0.4) is 0 Å². The van der Waals surface area contributed by atoms with Gasteiger partial charge in [-0.15, -0.1) is 0 Å². The van der Waals surface area contributed by atoms with E-state index in [1.807, 2.05) is 42.6 Å². The fourth-order valence-electron chi connectivity index (χ4n) is 2.02. The lowest BCUT2D eigenvalue weighted by atomic mass is 10.1. The standard InChI is InChI=1S/C14H13ClN4/c1-10(11-4-2-3-5-12(11)15)17-13-7-9-19-14(18-13)6-8-16-19/h2-10H,1H3,(H,17,18). The fourth-order valence-corrected chi connectivity index (χ4v) is 2.32. The van der Waals surface area contributed by atoms with Crippen molar-refractivity contribution in [3.63, 3.8) is 0 Å². The second-order valence-corrected chi connectivity index (χ2v) is 4.74. The van der Waals surface area contributed by atoms with Gasteiger partial charge in [0.05, 0.1) is 12.2 Å². The van der Waals surface area contributed by atoms with Gasteiger partial charge in [-0.05, 0) is 24.6 Å². The lowest BCUT2D eigenvalue weighted by molar-refractivity contribution is 0.867. The van der Waals surface area contributed by atoms with Crippen molar-refractivity contribution in [1.82, 2.24) is 14.6 Å². The van der Waals surface area contributed by atoms with Gasteiger partial charge in [0.1, 0.15) is 5.82 Å². The van der Waals surface area contributed by atoms with Gasteiger partial charge in [-0.1, -0.05) is 29.8 Å². The van der Waals surface area contributed by atoms with Crippen molar-refractivity contribution in [2.24, 2.45) is 0 Å². The Morgan fingerprint density at radius 2 is 2.05 bits per heavy atom. The van der Waals surface area contributed by atoms with E-state index in [2.05, 4.69) is 22.3 Å². The lowest BCUT2D eigenvalue weighted by Crippen LogP contribution is -2.09. The van der Waals surface area contributed by atoms with E-state index in [-0.39, 0.29) is 6.04 Å². The summed E-state index contributed by atoms with van der Waals surface area (Å²) in [6, 6.07) is 11.7. The summed E-state index contributed by atoms with van der Waals surface area (Å²) in [4.78, 5) is 4.48. The molecule has 1 aromatic carbocycles. The van der Waals surface area contributed by atoms with Crippen molar-refractivity contribution >= 4 is 23.1 Å². The van der Waals surface area contributed by atoms with Crippen LogP contribution in [0.25, 0.3) is 5.65 Å². The van der Waals surface area contributed by atoms with Gasteiger partial charge in [-0.2, -0.15) is 5.10 Å². The highest BCUT2D eigenvalue weighted by Crippen LogP contribution is 2.24. The molecule has 0 bridgehead atoms. The first-order valence-electron chi connectivity index (χ1n) is 6.05. The van der Waals surface area contributed by atoms with E-state index in [0.29, 0.717) is 0 Å². The first-order chi connectivity index (χ1) is 9.24. The minimum atomic E-state index is 0.0894. The van der Waals surface area contributed by atoms with E-state index in [1.165, 1.54) is 0 Å². The molecule has 3 aromatic rings. The van der Waals surface area contributed by atoms with Crippen LogP contribution in [0.2, 0.25) is 5.02 Å². The summed E-state index contributed by atoms with van der Waals surface area (Å²) >= 11 is 6.19. The number of rotatable bonds is 3. The van der Waals surface area contributed by atoms with Gasteiger partial charge >= 0.3 is 0 Å². The molecule has 1 unspecified atom stereocenters. The summed E-state index contributed by atoms with van der Waals surface area (Å²) in [6.07, 6.45) is 3.60. The number of hydrogen-bond donors (Lipinski definition) is 1. The number of nitrogens with one attached hydrogen (secondary N) is 1. The number of nitrogens with zero attached hydrogens (tertiary/aromatic N) is 3. The topological polar surface area (TPSA) is 42.2 Å². The number of hydrogen-bond acceptors (Lipinski definition) is 3. The van der Waals surface area contributed by atoms with Crippen molar-refractivity contribution in [2.45, 2.75) is 13.0 Å². The second kappa shape index (κ2) is 4.90. The molecule has 19 heavy (non-hydrogen) atoms. The molecule has 0 aliphatic carbocycles. The Morgan fingerprint density at radius 3 is 2.89 bits per heavy atom. The van der Waals surface area contributed by atoms with Crippen molar-refractivity contribution in [3.05, 3.63) is 59.4 Å². The third kappa shape index (κ3) is 2.39. The Morgan fingerprint density at radius 1 is 1.21 bits per heavy atom. The highest BCUT2D eigenvalue weighted by molar-refractivity contribution is 6.31. The summed E-state index contributed by atoms with van der Waals surface area (Å²) in [7, 11) is 0. The molecule has 0 aliphatic rings. The maximum atomic E-state index is 6.19. The van der Waals surface area contributed by atoms with Crippen molar-refractivity contribution in [2.75, 3.05) is 5.32 Å². The van der Waals surface area contributed by atoms with Crippen LogP contribution in [0, 0.1) is 0 Å². The molecule has 5 heteroatoms. The van der Waals surface area contributed by atoms with Crippen LogP contribution in [0.4, 0.5) is 5.82 Å². The quantitative estimate of drug-likeness (QED) is 0.793. The summed E-state index contributed by atoms with van der Waals surface area (Å²) in [5.41, 5.74) is 1.87. The number of anilines is 1. The molecule has 0 radical (unpaired) electrons. The number of fused-ring (bicyclic) bond motifs is 1. The Labute approximate surface area is 116 Å². The Kier molecular flexibility index (Phi) is 3.09. The minimum absolute atomic E-state index is 0.0894. The van der Waals surface area contributed by atoms with Crippen molar-refractivity contribution in [1.29, 1.82) is 0 Å². The highest BCUT2D eigenvalue weighted by atomic mass is 35.5. The van der Waals surface area contributed by atoms with Crippen LogP contribution in [0.15, 0.2) is 48.8 Å². The summed E-state index contributed by atoms with van der Waals surface area (Å²) in [6.45, 7) is 2.06. The number of benzene rings is 1. The Hall–Kier alpha value is -2.07. The van der Waals surface area contributed by atoms with Gasteiger partial charge in [0.25, 0.3) is 0 Å². The maximum absolute atomic E-state index is 6.19. The van der Waals surface area contributed by atoms with Crippen LogP contribution in [0.5, 0.6) is 0 Å². The van der Waals surface area contributed by atoms with E-state index >= 15 is 0 Å². The second-order valence-electron chi connectivity index (χ2n) is 4.33. The third-order valence-corrected chi connectivity index (χ3v) is 3.34. The lowest BCUT2D eigenvalue weighted by Gasteiger charge is -2.16. The number of aromatic nitrogens is 3.